The molecule has 0 aromatic carbocycles. The molecule has 475 valence electrons. The number of hydrogen-bond donors (Lipinski definition) is 14. The molecule has 0 aromatic heterocycles. The van der Waals surface area contributed by atoms with Gasteiger partial charge in [0.2, 0.25) is 11.8 Å². The number of imide groups is 2. The maximum atomic E-state index is 13.0. The van der Waals surface area contributed by atoms with Crippen molar-refractivity contribution >= 4 is 78.2 Å². The van der Waals surface area contributed by atoms with Gasteiger partial charge in [-0.25, -0.2) is 0 Å². The smallest absolute Gasteiger partial charge is 0.549 e. The Labute approximate surface area is 502 Å². The van der Waals surface area contributed by atoms with E-state index in [4.69, 9.17) is 39.8 Å². The number of amides is 6. The second kappa shape index (κ2) is 47.5. The first-order chi connectivity index (χ1) is 38.3. The van der Waals surface area contributed by atoms with Gasteiger partial charge in [0.25, 0.3) is 23.6 Å². The predicted molar refractivity (Wildman–Crippen MR) is 262 cm³/mol. The molecule has 0 saturated heterocycles. The second-order valence-electron chi connectivity index (χ2n) is 16.5. The van der Waals surface area contributed by atoms with Crippen molar-refractivity contribution in [2.45, 2.75) is 48.8 Å². The van der Waals surface area contributed by atoms with Crippen LogP contribution in [0.25, 0.3) is 0 Å². The summed E-state index contributed by atoms with van der Waals surface area (Å²) in [5.74, 6) is -11.5. The van der Waals surface area contributed by atoms with Gasteiger partial charge < -0.3 is 126 Å². The largest absolute Gasteiger partial charge is 3.00 e. The quantitative estimate of drug-likeness (QED) is 0.0199. The minimum atomic E-state index is -1.72. The van der Waals surface area contributed by atoms with Gasteiger partial charge in [0.15, 0.2) is 26.4 Å². The molecule has 0 aliphatic carbocycles. The summed E-state index contributed by atoms with van der Waals surface area (Å²) >= 11 is 0. The molecule has 40 nitrogen and oxygen atoms in total. The molecule has 0 bridgehead atoms. The van der Waals surface area contributed by atoms with E-state index in [-0.39, 0.29) is 58.5 Å². The summed E-state index contributed by atoms with van der Waals surface area (Å²) < 4.78 is 0. The molecular weight excluding hydrogens is 1280 g/mol. The summed E-state index contributed by atoms with van der Waals surface area (Å²) in [6.45, 7) is -15.4. The Morgan fingerprint density at radius 3 is 0.855 bits per heavy atom. The van der Waals surface area contributed by atoms with Crippen LogP contribution in [0, 0.1) is 39.9 Å². The van der Waals surface area contributed by atoms with Crippen LogP contribution in [0.2, 0.25) is 0 Å². The van der Waals surface area contributed by atoms with Crippen molar-refractivity contribution in [1.82, 2.24) is 35.1 Å². The molecule has 0 saturated carbocycles. The molecule has 16 N–H and O–H groups in total. The van der Waals surface area contributed by atoms with Gasteiger partial charge in [-0.2, -0.15) is 0 Å². The van der Waals surface area contributed by atoms with Gasteiger partial charge in [-0.1, -0.05) is 20.6 Å². The fraction of sp³-hybridized carbons (Fsp3) is 0.690. The Hall–Kier alpha value is -5.81. The Balaban J connectivity index is -0.0000320. The first-order valence-corrected chi connectivity index (χ1v) is 23.8. The molecule has 0 aromatic rings. The van der Waals surface area contributed by atoms with Crippen LogP contribution in [0.3, 0.4) is 0 Å². The number of oxime groups is 4. The molecule has 1 radical (unpaired) electrons. The van der Waals surface area contributed by atoms with Gasteiger partial charge in [0.05, 0.1) is 82.3 Å². The molecule has 41 heteroatoms. The number of carboxylic acid groups (broad SMARTS) is 3. The minimum Gasteiger partial charge on any atom is -0.549 e. The van der Waals surface area contributed by atoms with E-state index in [9.17, 15) is 99.3 Å². The van der Waals surface area contributed by atoms with Crippen LogP contribution < -0.4 is 26.0 Å². The summed E-state index contributed by atoms with van der Waals surface area (Å²) in [4.78, 5) is 136. The Kier molecular flexibility index (Phi) is 46.6. The minimum absolute atomic E-state index is 0. The van der Waals surface area contributed by atoms with E-state index < -0.39 is 227 Å². The number of aliphatic hydroxyl groups is 12. The molecule has 0 aliphatic heterocycles. The summed E-state index contributed by atoms with van der Waals surface area (Å²) in [5, 5.41) is 164. The third-order valence-electron chi connectivity index (χ3n) is 10.0. The zero-order chi connectivity index (χ0) is 61.5. The van der Waals surface area contributed by atoms with Gasteiger partial charge >= 0.3 is 39.9 Å². The van der Waals surface area contributed by atoms with Crippen molar-refractivity contribution in [1.29, 1.82) is 0 Å². The zero-order valence-electron chi connectivity index (χ0n) is 44.1. The first kappa shape index (κ1) is 81.4. The van der Waals surface area contributed by atoms with Crippen molar-refractivity contribution < 1.29 is 185 Å². The average Bonchev–Trinajstić information content (AvgIpc) is 3.41. The summed E-state index contributed by atoms with van der Waals surface area (Å²) in [7, 11) is 0. The third-order valence-corrected chi connectivity index (χ3v) is 10.0. The van der Waals surface area contributed by atoms with Gasteiger partial charge in [0, 0.05) is 72.0 Å². The van der Waals surface area contributed by atoms with Crippen molar-refractivity contribution in [3.05, 3.63) is 0 Å². The number of aliphatic carboxylic acids is 3. The van der Waals surface area contributed by atoms with Crippen LogP contribution in [0.4, 0.5) is 0 Å². The third kappa shape index (κ3) is 38.6. The summed E-state index contributed by atoms with van der Waals surface area (Å²) in [6.07, 6.45) is -11.1. The van der Waals surface area contributed by atoms with Crippen LogP contribution >= 0.6 is 0 Å². The van der Waals surface area contributed by atoms with Gasteiger partial charge in [0.1, 0.15) is 48.8 Å². The molecule has 0 fully saturated rings. The molecule has 0 spiro atoms. The van der Waals surface area contributed by atoms with Crippen molar-refractivity contribution in [2.75, 3.05) is 138 Å². The fourth-order valence-corrected chi connectivity index (χ4v) is 5.65. The van der Waals surface area contributed by atoms with Gasteiger partial charge in [-0.3, -0.25) is 53.3 Å². The molecule has 5 unspecified atom stereocenters. The number of rotatable bonds is 46. The maximum absolute atomic E-state index is 13.0. The predicted octanol–water partition coefficient (Wildman–Crippen LogP) is -17.9. The number of carbonyl (C=O) groups is 9. The number of nitrogens with one attached hydrogen (secondary N) is 2. The molecule has 6 amide bonds. The topological polar surface area (TPSA) is 624 Å². The van der Waals surface area contributed by atoms with E-state index in [1.54, 1.807) is 0 Å². The van der Waals surface area contributed by atoms with Crippen molar-refractivity contribution in [2.24, 2.45) is 20.6 Å². The van der Waals surface area contributed by atoms with Gasteiger partial charge in [-0.05, 0) is 0 Å². The zero-order valence-corrected chi connectivity index (χ0v) is 46.3. The number of carbonyl (C=O) groups excluding carboxylic acids is 9. The SMILES string of the molecule is O.O=C([O-])CN(CCN(CC(=O)[O-])CC(=O)NCCN(C(=O)CO/N=C/C(O)C(O)CO)C(=O)CO/N=C/C(O)[C@H](O)CO)CCN(CC(=O)[O-])CC(=O)NCCN(C(=O)CO/N=C/C(O)[C@H](O)CO)C(=O)CO/N=C/C(O)[C@H](O)CO.[Gd+3]. The van der Waals surface area contributed by atoms with Gasteiger partial charge in [-0.15, -0.1) is 0 Å². The molecule has 0 aliphatic rings. The first-order valence-electron chi connectivity index (χ1n) is 23.8. The van der Waals surface area contributed by atoms with Crippen molar-refractivity contribution in [3.63, 3.8) is 0 Å². The number of carboxylic acids is 3. The van der Waals surface area contributed by atoms with Crippen LogP contribution in [0.5, 0.6) is 0 Å². The standard InChI is InChI=1S/C42H71N11O28.Gd.H2O/c54-18-30(62)26(58)9-45-78-22-36(68)52(37(69)23-79-46-10-27(59)31(63)19-55)3-1-43-34(66)13-50(16-41(74)75)7-5-49(15-40(72)73)6-8-51(17-42(76)77)14-35(67)44-2-4-53(38(70)24-80-47-11-28(60)32(64)20-56)39(71)25-81-48-12-29(61)33(65)21-57;;/h9-12,26-33,54-65H,1-8,13-25H2,(H,43,66)(H,44,67)(H,72,73)(H,74,75)(H,76,77);;1H2/q;+3;/p-3/b45-9+,46-10+,47-11+,48-12+;;/t26?,27?,28?,29?,30-,31-,32-,33?;;/m1../s1. The normalized spacial score (nSPS) is 14.4. The van der Waals surface area contributed by atoms with E-state index >= 15 is 0 Å². The van der Waals surface area contributed by atoms with E-state index in [0.717, 1.165) is 14.7 Å². The summed E-state index contributed by atoms with van der Waals surface area (Å²) in [6, 6.07) is 0. The summed E-state index contributed by atoms with van der Waals surface area (Å²) in [5.41, 5.74) is 0. The van der Waals surface area contributed by atoms with E-state index in [1.807, 2.05) is 0 Å². The second-order valence-corrected chi connectivity index (χ2v) is 16.5. The number of nitrogens with zero attached hydrogens (tertiary/aromatic N) is 9. The van der Waals surface area contributed by atoms with Crippen LogP contribution in [-0.2, 0) is 62.5 Å². The molecular formula is C42H70GdN11O29. The fourth-order valence-electron chi connectivity index (χ4n) is 5.65. The van der Waals surface area contributed by atoms with E-state index in [1.165, 1.54) is 0 Å². The maximum Gasteiger partial charge on any atom is 3.00 e. The van der Waals surface area contributed by atoms with Crippen molar-refractivity contribution in [3.8, 4) is 0 Å². The van der Waals surface area contributed by atoms with Crippen LogP contribution in [0.15, 0.2) is 20.6 Å². The Morgan fingerprint density at radius 1 is 0.398 bits per heavy atom. The molecule has 83 heavy (non-hydrogen) atoms. The number of aliphatic hydroxyl groups excluding tert-OH is 12. The molecule has 8 atom stereocenters. The Morgan fingerprint density at radius 2 is 0.627 bits per heavy atom. The number of hydrogen-bond acceptors (Lipinski definition) is 35. The van der Waals surface area contributed by atoms with E-state index in [0.29, 0.717) is 34.7 Å². The molecule has 0 rings (SSSR count). The Bertz CT molecular complexity index is 1850. The van der Waals surface area contributed by atoms with E-state index in [2.05, 4.69) is 31.3 Å². The monoisotopic (exact) mass is 1350 g/mol. The average molecular weight is 1350 g/mol. The van der Waals surface area contributed by atoms with Crippen LogP contribution in [-0.4, -0.2) is 356 Å². The molecule has 0 heterocycles. The van der Waals surface area contributed by atoms with Crippen LogP contribution in [0.1, 0.15) is 0 Å².